The number of carbonyl (C=O) groups excluding carboxylic acids is 1. The number of benzene rings is 1. The lowest BCUT2D eigenvalue weighted by molar-refractivity contribution is 0.0949. The zero-order chi connectivity index (χ0) is 19.5. The van der Waals surface area contributed by atoms with Crippen LogP contribution < -0.4 is 10.1 Å². The van der Waals surface area contributed by atoms with Gasteiger partial charge in [0.25, 0.3) is 5.91 Å². The molecule has 1 N–H and O–H groups in total. The van der Waals surface area contributed by atoms with Crippen molar-refractivity contribution in [3.8, 4) is 17.0 Å². The molecular weight excluding hydrogens is 398 g/mol. The highest BCUT2D eigenvalue weighted by atomic mass is 35.5. The van der Waals surface area contributed by atoms with E-state index in [2.05, 4.69) is 20.4 Å². The monoisotopic (exact) mass is 413 g/mol. The average Bonchev–Trinajstić information content (AvgIpc) is 3.33. The van der Waals surface area contributed by atoms with Gasteiger partial charge in [0.1, 0.15) is 10.8 Å². The van der Waals surface area contributed by atoms with Crippen molar-refractivity contribution >= 4 is 34.5 Å². The molecule has 0 radical (unpaired) electrons. The Hall–Kier alpha value is -2.97. The second kappa shape index (κ2) is 7.95. The minimum Gasteiger partial charge on any atom is -0.497 e. The smallest absolute Gasteiger partial charge is 0.273 e. The second-order valence-electron chi connectivity index (χ2n) is 5.91. The third kappa shape index (κ3) is 3.69. The van der Waals surface area contributed by atoms with Crippen LogP contribution in [0.3, 0.4) is 0 Å². The van der Waals surface area contributed by atoms with Crippen molar-refractivity contribution in [3.63, 3.8) is 0 Å². The standard InChI is InChI=1S/C19H16ClN5O2S/c1-27-13-5-3-12(4-6-13)14-11-28-15(23-14)7-9-22-19(26)17-16(20)18-21-8-2-10-25(18)24-17/h2-6,8,10-11H,7,9H2,1H3,(H,22,26). The van der Waals surface area contributed by atoms with Crippen LogP contribution in [0.5, 0.6) is 5.75 Å². The van der Waals surface area contributed by atoms with Gasteiger partial charge in [-0.3, -0.25) is 4.79 Å². The minimum absolute atomic E-state index is 0.165. The van der Waals surface area contributed by atoms with Crippen LogP contribution in [0.1, 0.15) is 15.5 Å². The Morgan fingerprint density at radius 2 is 2.14 bits per heavy atom. The minimum atomic E-state index is -0.331. The van der Waals surface area contributed by atoms with Gasteiger partial charge in [-0.15, -0.1) is 11.3 Å². The number of nitrogens with one attached hydrogen (secondary N) is 1. The predicted molar refractivity (Wildman–Crippen MR) is 108 cm³/mol. The molecule has 0 aliphatic carbocycles. The zero-order valence-electron chi connectivity index (χ0n) is 14.9. The van der Waals surface area contributed by atoms with E-state index in [1.807, 2.05) is 29.6 Å². The van der Waals surface area contributed by atoms with Gasteiger partial charge in [0.15, 0.2) is 11.3 Å². The summed E-state index contributed by atoms with van der Waals surface area (Å²) in [4.78, 5) is 21.1. The highest BCUT2D eigenvalue weighted by molar-refractivity contribution is 7.09. The molecule has 0 saturated heterocycles. The molecule has 0 unspecified atom stereocenters. The normalized spacial score (nSPS) is 10.9. The van der Waals surface area contributed by atoms with Gasteiger partial charge in [0, 0.05) is 36.3 Å². The van der Waals surface area contributed by atoms with Crippen LogP contribution in [-0.4, -0.2) is 39.1 Å². The first-order valence-corrected chi connectivity index (χ1v) is 9.77. The Labute approximate surface area is 170 Å². The molecule has 1 amide bonds. The van der Waals surface area contributed by atoms with Crippen molar-refractivity contribution in [3.05, 3.63) is 63.8 Å². The Kier molecular flexibility index (Phi) is 5.23. The lowest BCUT2D eigenvalue weighted by Crippen LogP contribution is -2.26. The predicted octanol–water partition coefficient (Wildman–Crippen LogP) is 3.49. The molecule has 0 saturated carbocycles. The van der Waals surface area contributed by atoms with Gasteiger partial charge < -0.3 is 10.1 Å². The van der Waals surface area contributed by atoms with Gasteiger partial charge in [-0.05, 0) is 30.3 Å². The number of methoxy groups -OCH3 is 1. The second-order valence-corrected chi connectivity index (χ2v) is 7.23. The van der Waals surface area contributed by atoms with Gasteiger partial charge in [-0.2, -0.15) is 5.10 Å². The van der Waals surface area contributed by atoms with E-state index in [9.17, 15) is 4.79 Å². The zero-order valence-corrected chi connectivity index (χ0v) is 16.5. The molecule has 0 fully saturated rings. The van der Waals surface area contributed by atoms with Gasteiger partial charge >= 0.3 is 0 Å². The lowest BCUT2D eigenvalue weighted by atomic mass is 10.2. The molecule has 7 nitrogen and oxygen atoms in total. The van der Waals surface area contributed by atoms with Crippen LogP contribution in [-0.2, 0) is 6.42 Å². The van der Waals surface area contributed by atoms with E-state index >= 15 is 0 Å². The Morgan fingerprint density at radius 3 is 2.89 bits per heavy atom. The van der Waals surface area contributed by atoms with Crippen LogP contribution in [0, 0.1) is 0 Å². The topological polar surface area (TPSA) is 81.4 Å². The Morgan fingerprint density at radius 1 is 1.32 bits per heavy atom. The summed E-state index contributed by atoms with van der Waals surface area (Å²) in [5.41, 5.74) is 2.55. The van der Waals surface area contributed by atoms with Gasteiger partial charge in [-0.1, -0.05) is 11.6 Å². The number of nitrogens with zero attached hydrogens (tertiary/aromatic N) is 4. The summed E-state index contributed by atoms with van der Waals surface area (Å²) in [7, 11) is 1.64. The number of hydrogen-bond acceptors (Lipinski definition) is 6. The van der Waals surface area contributed by atoms with Gasteiger partial charge in [-0.25, -0.2) is 14.5 Å². The molecular formula is C19H16ClN5O2S. The third-order valence-electron chi connectivity index (χ3n) is 4.12. The SMILES string of the molecule is COc1ccc(-c2csc(CCNC(=O)c3nn4cccnc4c3Cl)n2)cc1. The first-order chi connectivity index (χ1) is 13.7. The number of amides is 1. The molecule has 0 bridgehead atoms. The van der Waals surface area contributed by atoms with Gasteiger partial charge in [0.05, 0.1) is 17.8 Å². The Balaban J connectivity index is 1.37. The van der Waals surface area contributed by atoms with E-state index in [-0.39, 0.29) is 16.6 Å². The number of halogens is 1. The van der Waals surface area contributed by atoms with Crippen molar-refractivity contribution < 1.29 is 9.53 Å². The van der Waals surface area contributed by atoms with E-state index in [0.717, 1.165) is 22.0 Å². The van der Waals surface area contributed by atoms with Crippen molar-refractivity contribution in [2.75, 3.05) is 13.7 Å². The molecule has 0 spiro atoms. The molecule has 1 aromatic carbocycles. The molecule has 28 heavy (non-hydrogen) atoms. The van der Waals surface area contributed by atoms with E-state index in [1.165, 1.54) is 4.52 Å². The number of fused-ring (bicyclic) bond motifs is 1. The number of aromatic nitrogens is 4. The molecule has 142 valence electrons. The molecule has 9 heteroatoms. The van der Waals surface area contributed by atoms with Crippen molar-refractivity contribution in [1.29, 1.82) is 0 Å². The van der Waals surface area contributed by atoms with Crippen LogP contribution in [0.15, 0.2) is 48.1 Å². The lowest BCUT2D eigenvalue weighted by Gasteiger charge is -2.02. The molecule has 0 aliphatic rings. The Bertz CT molecular complexity index is 1120. The quantitative estimate of drug-likeness (QED) is 0.523. The summed E-state index contributed by atoms with van der Waals surface area (Å²) >= 11 is 7.77. The molecule has 3 heterocycles. The summed E-state index contributed by atoms with van der Waals surface area (Å²) in [5.74, 6) is 0.477. The first kappa shape index (κ1) is 18.4. The van der Waals surface area contributed by atoms with Crippen LogP contribution in [0.25, 0.3) is 16.9 Å². The van der Waals surface area contributed by atoms with Crippen molar-refractivity contribution in [1.82, 2.24) is 24.9 Å². The largest absolute Gasteiger partial charge is 0.497 e. The fourth-order valence-electron chi connectivity index (χ4n) is 2.69. The molecule has 0 atom stereocenters. The van der Waals surface area contributed by atoms with E-state index < -0.39 is 0 Å². The summed E-state index contributed by atoms with van der Waals surface area (Å²) < 4.78 is 6.66. The third-order valence-corrected chi connectivity index (χ3v) is 5.37. The van der Waals surface area contributed by atoms with Gasteiger partial charge in [0.2, 0.25) is 0 Å². The fourth-order valence-corrected chi connectivity index (χ4v) is 3.76. The molecule has 4 aromatic rings. The van der Waals surface area contributed by atoms with E-state index in [1.54, 1.807) is 36.9 Å². The van der Waals surface area contributed by atoms with Crippen LogP contribution in [0.2, 0.25) is 5.02 Å². The maximum absolute atomic E-state index is 12.4. The van der Waals surface area contributed by atoms with Crippen molar-refractivity contribution in [2.24, 2.45) is 0 Å². The molecule has 4 rings (SSSR count). The van der Waals surface area contributed by atoms with Crippen LogP contribution in [0.4, 0.5) is 0 Å². The highest BCUT2D eigenvalue weighted by Crippen LogP contribution is 2.24. The van der Waals surface area contributed by atoms with E-state index in [0.29, 0.717) is 18.6 Å². The fraction of sp³-hybridized carbons (Fsp3) is 0.158. The highest BCUT2D eigenvalue weighted by Gasteiger charge is 2.18. The van der Waals surface area contributed by atoms with Crippen molar-refractivity contribution in [2.45, 2.75) is 6.42 Å². The van der Waals surface area contributed by atoms with Crippen LogP contribution >= 0.6 is 22.9 Å². The maximum atomic E-state index is 12.4. The summed E-state index contributed by atoms with van der Waals surface area (Å²) in [6.45, 7) is 0.437. The number of rotatable bonds is 6. The number of carbonyl (C=O) groups is 1. The molecule has 3 aromatic heterocycles. The first-order valence-electron chi connectivity index (χ1n) is 8.51. The number of ether oxygens (including phenoxy) is 1. The number of hydrogen-bond donors (Lipinski definition) is 1. The summed E-state index contributed by atoms with van der Waals surface area (Å²) in [6, 6.07) is 9.47. The average molecular weight is 414 g/mol. The van der Waals surface area contributed by atoms with E-state index in [4.69, 9.17) is 16.3 Å². The summed E-state index contributed by atoms with van der Waals surface area (Å²) in [5, 5.41) is 10.2. The summed E-state index contributed by atoms with van der Waals surface area (Å²) in [6.07, 6.45) is 3.92. The number of thiazole rings is 1. The molecule has 0 aliphatic heterocycles. The maximum Gasteiger partial charge on any atom is 0.273 e.